The van der Waals surface area contributed by atoms with Crippen molar-refractivity contribution in [2.75, 3.05) is 39.8 Å². The quantitative estimate of drug-likeness (QED) is 0.852. The van der Waals surface area contributed by atoms with Gasteiger partial charge in [-0.05, 0) is 33.4 Å². The van der Waals surface area contributed by atoms with Crippen molar-refractivity contribution in [3.63, 3.8) is 0 Å². The fourth-order valence-electron chi connectivity index (χ4n) is 3.84. The van der Waals surface area contributed by atoms with Crippen molar-refractivity contribution in [2.45, 2.75) is 20.8 Å². The Morgan fingerprint density at radius 3 is 2.41 bits per heavy atom. The Morgan fingerprint density at radius 2 is 1.86 bits per heavy atom. The maximum absolute atomic E-state index is 12.6. The summed E-state index contributed by atoms with van der Waals surface area (Å²) in [5.41, 5.74) is 2.70. The molecule has 1 aromatic heterocycles. The predicted molar refractivity (Wildman–Crippen MR) is 82.1 cm³/mol. The molecule has 0 saturated carbocycles. The highest BCUT2D eigenvalue weighted by atomic mass is 16.5. The number of carbonyl (C=O) groups excluding carboxylic acids is 2. The molecular formula is C16H23N3O3. The summed E-state index contributed by atoms with van der Waals surface area (Å²) < 4.78 is 5.07. The summed E-state index contributed by atoms with van der Waals surface area (Å²) in [6.45, 7) is 9.45. The fraction of sp³-hybridized carbons (Fsp3) is 0.625. The lowest BCUT2D eigenvalue weighted by Gasteiger charge is -2.59. The molecule has 6 nitrogen and oxygen atoms in total. The summed E-state index contributed by atoms with van der Waals surface area (Å²) in [6, 6.07) is 0. The van der Waals surface area contributed by atoms with Gasteiger partial charge in [0.25, 0.3) is 5.91 Å². The molecule has 0 unspecified atom stereocenters. The first-order chi connectivity index (χ1) is 10.4. The number of carbonyl (C=O) groups is 2. The molecule has 0 atom stereocenters. The molecule has 1 aromatic rings. The number of rotatable bonds is 3. The Balaban J connectivity index is 1.74. The van der Waals surface area contributed by atoms with Gasteiger partial charge in [0, 0.05) is 37.3 Å². The second-order valence-electron chi connectivity index (χ2n) is 6.68. The first kappa shape index (κ1) is 15.1. The lowest BCUT2D eigenvalue weighted by molar-refractivity contribution is -0.0873. The third-order valence-corrected chi connectivity index (χ3v) is 4.68. The van der Waals surface area contributed by atoms with Gasteiger partial charge in [-0.2, -0.15) is 0 Å². The second kappa shape index (κ2) is 5.12. The zero-order chi connectivity index (χ0) is 16.1. The van der Waals surface area contributed by atoms with Crippen molar-refractivity contribution in [1.29, 1.82) is 0 Å². The normalized spacial score (nSPS) is 19.7. The number of likely N-dealkylation sites (tertiary alicyclic amines) is 2. The van der Waals surface area contributed by atoms with Gasteiger partial charge in [-0.3, -0.25) is 4.79 Å². The number of aromatic amines is 1. The Kier molecular flexibility index (Phi) is 3.51. The molecule has 3 rings (SSSR count). The first-order valence-electron chi connectivity index (χ1n) is 7.71. The van der Waals surface area contributed by atoms with Crippen molar-refractivity contribution in [2.24, 2.45) is 5.41 Å². The van der Waals surface area contributed by atoms with E-state index < -0.39 is 0 Å². The minimum atomic E-state index is -0.367. The van der Waals surface area contributed by atoms with E-state index in [4.69, 9.17) is 4.74 Å². The van der Waals surface area contributed by atoms with Crippen molar-refractivity contribution in [3.8, 4) is 0 Å². The molecule has 0 radical (unpaired) electrons. The summed E-state index contributed by atoms with van der Waals surface area (Å²) in [7, 11) is 2.10. The van der Waals surface area contributed by atoms with Gasteiger partial charge >= 0.3 is 5.97 Å². The van der Waals surface area contributed by atoms with E-state index in [1.807, 2.05) is 4.90 Å². The molecule has 2 saturated heterocycles. The largest absolute Gasteiger partial charge is 0.462 e. The van der Waals surface area contributed by atoms with E-state index in [-0.39, 0.29) is 11.9 Å². The number of aryl methyl sites for hydroxylation is 1. The van der Waals surface area contributed by atoms with Gasteiger partial charge in [-0.1, -0.05) is 0 Å². The van der Waals surface area contributed by atoms with Gasteiger partial charge in [0.2, 0.25) is 0 Å². The number of hydrogen-bond acceptors (Lipinski definition) is 4. The van der Waals surface area contributed by atoms with E-state index in [2.05, 4.69) is 16.9 Å². The SMILES string of the molecule is CCOC(=O)c1c(C)[nH]c(C(=O)N2CC3(CN(C)C3)C2)c1C. The van der Waals surface area contributed by atoms with Crippen LogP contribution in [0, 0.1) is 19.3 Å². The number of H-pyrrole nitrogens is 1. The maximum atomic E-state index is 12.6. The first-order valence-corrected chi connectivity index (χ1v) is 7.71. The lowest BCUT2D eigenvalue weighted by atomic mass is 9.73. The van der Waals surface area contributed by atoms with Gasteiger partial charge < -0.3 is 19.5 Å². The zero-order valence-corrected chi connectivity index (χ0v) is 13.7. The summed E-state index contributed by atoms with van der Waals surface area (Å²) in [5, 5.41) is 0. The van der Waals surface area contributed by atoms with Crippen LogP contribution in [0.3, 0.4) is 0 Å². The minimum Gasteiger partial charge on any atom is -0.462 e. The van der Waals surface area contributed by atoms with Crippen LogP contribution in [0.1, 0.15) is 39.0 Å². The zero-order valence-electron chi connectivity index (χ0n) is 13.7. The number of ether oxygens (including phenoxy) is 1. The third-order valence-electron chi connectivity index (χ3n) is 4.68. The van der Waals surface area contributed by atoms with Crippen LogP contribution in [-0.2, 0) is 4.74 Å². The monoisotopic (exact) mass is 305 g/mol. The van der Waals surface area contributed by atoms with E-state index >= 15 is 0 Å². The predicted octanol–water partition coefficient (Wildman–Crippen LogP) is 1.20. The molecule has 2 aliphatic rings. The molecule has 1 amide bonds. The molecule has 120 valence electrons. The topological polar surface area (TPSA) is 65.6 Å². The van der Waals surface area contributed by atoms with Crippen molar-refractivity contribution < 1.29 is 14.3 Å². The number of esters is 1. The highest BCUT2D eigenvalue weighted by molar-refractivity contribution is 6.00. The van der Waals surface area contributed by atoms with Gasteiger partial charge in [-0.25, -0.2) is 4.79 Å². The van der Waals surface area contributed by atoms with Crippen LogP contribution < -0.4 is 0 Å². The van der Waals surface area contributed by atoms with Crippen molar-refractivity contribution >= 4 is 11.9 Å². The standard InChI is InChI=1S/C16H23N3O3/c1-5-22-15(21)12-10(2)13(17-11(12)3)14(20)19-8-16(9-19)6-18(4)7-16/h17H,5-9H2,1-4H3. The highest BCUT2D eigenvalue weighted by Crippen LogP contribution is 2.39. The summed E-state index contributed by atoms with van der Waals surface area (Å²) >= 11 is 0. The van der Waals surface area contributed by atoms with Crippen LogP contribution in [0.5, 0.6) is 0 Å². The third kappa shape index (κ3) is 2.22. The lowest BCUT2D eigenvalue weighted by Crippen LogP contribution is -2.72. The van der Waals surface area contributed by atoms with E-state index in [1.165, 1.54) is 0 Å². The van der Waals surface area contributed by atoms with Gasteiger partial charge in [0.1, 0.15) is 5.69 Å². The van der Waals surface area contributed by atoms with Crippen LogP contribution in [-0.4, -0.2) is 66.5 Å². The molecule has 0 aliphatic carbocycles. The van der Waals surface area contributed by atoms with Gasteiger partial charge in [0.15, 0.2) is 0 Å². The number of aromatic nitrogens is 1. The van der Waals surface area contributed by atoms with Gasteiger partial charge in [-0.15, -0.1) is 0 Å². The molecule has 2 fully saturated rings. The molecular weight excluding hydrogens is 282 g/mol. The van der Waals surface area contributed by atoms with E-state index in [0.29, 0.717) is 34.5 Å². The van der Waals surface area contributed by atoms with E-state index in [9.17, 15) is 9.59 Å². The summed E-state index contributed by atoms with van der Waals surface area (Å²) in [4.78, 5) is 31.8. The van der Waals surface area contributed by atoms with Crippen LogP contribution in [0.25, 0.3) is 0 Å². The van der Waals surface area contributed by atoms with E-state index in [0.717, 1.165) is 26.2 Å². The fourth-order valence-corrected chi connectivity index (χ4v) is 3.84. The molecule has 0 aromatic carbocycles. The summed E-state index contributed by atoms with van der Waals surface area (Å²) in [6.07, 6.45) is 0. The molecule has 1 spiro atoms. The molecule has 1 N–H and O–H groups in total. The molecule has 6 heteroatoms. The van der Waals surface area contributed by atoms with E-state index in [1.54, 1.807) is 20.8 Å². The molecule has 3 heterocycles. The summed E-state index contributed by atoms with van der Waals surface area (Å²) in [5.74, 6) is -0.384. The van der Waals surface area contributed by atoms with Crippen LogP contribution in [0.2, 0.25) is 0 Å². The number of nitrogens with one attached hydrogen (secondary N) is 1. The Labute approximate surface area is 130 Å². The second-order valence-corrected chi connectivity index (χ2v) is 6.68. The Hall–Kier alpha value is -1.82. The number of amides is 1. The molecule has 0 bridgehead atoms. The highest BCUT2D eigenvalue weighted by Gasteiger charge is 2.52. The maximum Gasteiger partial charge on any atom is 0.340 e. The van der Waals surface area contributed by atoms with Gasteiger partial charge in [0.05, 0.1) is 12.2 Å². The average molecular weight is 305 g/mol. The number of nitrogens with zero attached hydrogens (tertiary/aromatic N) is 2. The minimum absolute atomic E-state index is 0.0173. The average Bonchev–Trinajstić information content (AvgIpc) is 2.67. The van der Waals surface area contributed by atoms with Crippen molar-refractivity contribution in [1.82, 2.24) is 14.8 Å². The van der Waals surface area contributed by atoms with Crippen LogP contribution in [0.15, 0.2) is 0 Å². The molecule has 2 aliphatic heterocycles. The Bertz CT molecular complexity index is 621. The number of hydrogen-bond donors (Lipinski definition) is 1. The van der Waals surface area contributed by atoms with Crippen molar-refractivity contribution in [3.05, 3.63) is 22.5 Å². The van der Waals surface area contributed by atoms with Crippen LogP contribution in [0.4, 0.5) is 0 Å². The smallest absolute Gasteiger partial charge is 0.340 e. The molecule has 22 heavy (non-hydrogen) atoms. The Morgan fingerprint density at radius 1 is 1.23 bits per heavy atom. The van der Waals surface area contributed by atoms with Crippen LogP contribution >= 0.6 is 0 Å².